The molecule has 2 N–H and O–H groups in total. The number of pyridine rings is 1. The fourth-order valence-corrected chi connectivity index (χ4v) is 8.21. The molecular weight excluding hydrogens is 649 g/mol. The summed E-state index contributed by atoms with van der Waals surface area (Å²) in [6, 6.07) is 8.45. The Morgan fingerprint density at radius 2 is 2.00 bits per heavy atom. The van der Waals surface area contributed by atoms with Crippen LogP contribution in [-0.4, -0.2) is 113 Å². The highest BCUT2D eigenvalue weighted by Gasteiger charge is 2.49. The molecule has 13 heteroatoms. The van der Waals surface area contributed by atoms with Gasteiger partial charge in [0, 0.05) is 68.0 Å². The number of halogens is 2. The van der Waals surface area contributed by atoms with Crippen LogP contribution in [0.5, 0.6) is 11.8 Å². The summed E-state index contributed by atoms with van der Waals surface area (Å²) in [7, 11) is 1.82. The molecule has 8 rings (SSSR count). The maximum Gasteiger partial charge on any atom is 0.319 e. The number of anilines is 1. The normalized spacial score (nSPS) is 24.7. The van der Waals surface area contributed by atoms with E-state index in [9.17, 15) is 9.90 Å². The first-order chi connectivity index (χ1) is 23.8. The van der Waals surface area contributed by atoms with Crippen molar-refractivity contribution in [3.63, 3.8) is 0 Å². The van der Waals surface area contributed by atoms with Gasteiger partial charge in [0.1, 0.15) is 29.4 Å². The molecule has 3 fully saturated rings. The number of hydrogen-bond acceptors (Lipinski definition) is 10. The van der Waals surface area contributed by atoms with E-state index in [0.29, 0.717) is 78.4 Å². The molecule has 0 saturated carbocycles. The Bertz CT molecular complexity index is 1880. The number of carbonyl (C=O) groups excluding carboxylic acids is 1. The molecule has 4 aliphatic heterocycles. The highest BCUT2D eigenvalue weighted by Crippen LogP contribution is 2.42. The number of hydrogen-bond donors (Lipinski definition) is 2. The minimum atomic E-state index is -0.652. The van der Waals surface area contributed by atoms with Crippen molar-refractivity contribution >= 4 is 45.0 Å². The van der Waals surface area contributed by atoms with Crippen molar-refractivity contribution in [2.24, 2.45) is 0 Å². The summed E-state index contributed by atoms with van der Waals surface area (Å²) in [5.41, 5.74) is 0.227. The summed E-state index contributed by atoms with van der Waals surface area (Å²) in [5.74, 6) is -0.111. The van der Waals surface area contributed by atoms with Gasteiger partial charge < -0.3 is 29.7 Å². The molecule has 4 aliphatic rings. The molecule has 0 radical (unpaired) electrons. The third-order valence-electron chi connectivity index (χ3n) is 10.2. The molecule has 3 unspecified atom stereocenters. The molecule has 6 bridgehead atoms. The smallest absolute Gasteiger partial charge is 0.319 e. The van der Waals surface area contributed by atoms with Gasteiger partial charge in [0.25, 0.3) is 0 Å². The zero-order valence-electron chi connectivity index (χ0n) is 28.2. The van der Waals surface area contributed by atoms with E-state index in [1.807, 2.05) is 27.0 Å². The number of aromatic hydroxyl groups is 1. The van der Waals surface area contributed by atoms with Gasteiger partial charge in [0.15, 0.2) is 5.82 Å². The van der Waals surface area contributed by atoms with Crippen LogP contribution in [0.25, 0.3) is 32.9 Å². The quantitative estimate of drug-likeness (QED) is 0.282. The van der Waals surface area contributed by atoms with Crippen molar-refractivity contribution in [3.05, 3.63) is 47.4 Å². The van der Waals surface area contributed by atoms with Crippen LogP contribution in [0.1, 0.15) is 39.5 Å². The van der Waals surface area contributed by atoms with E-state index in [1.54, 1.807) is 29.3 Å². The number of aromatic nitrogens is 3. The second-order valence-electron chi connectivity index (χ2n) is 13.2. The lowest BCUT2D eigenvalue weighted by molar-refractivity contribution is -0.131. The lowest BCUT2D eigenvalue weighted by atomic mass is 9.94. The third kappa shape index (κ3) is 6.35. The minimum Gasteiger partial charge on any atom is -0.508 e. The summed E-state index contributed by atoms with van der Waals surface area (Å²) < 4.78 is 29.5. The molecule has 2 aromatic carbocycles. The van der Waals surface area contributed by atoms with Crippen LogP contribution in [0.2, 0.25) is 5.02 Å². The fourth-order valence-electron chi connectivity index (χ4n) is 7.92. The van der Waals surface area contributed by atoms with Gasteiger partial charge in [-0.2, -0.15) is 9.97 Å². The first-order valence-electron chi connectivity index (χ1n) is 17.3. The molecule has 6 heterocycles. The molecule has 2 aromatic heterocycles. The zero-order chi connectivity index (χ0) is 34.3. The lowest BCUT2D eigenvalue weighted by Gasteiger charge is -2.36. The summed E-state index contributed by atoms with van der Waals surface area (Å²) in [6.07, 6.45) is 4.70. The third-order valence-corrected chi connectivity index (χ3v) is 10.5. The van der Waals surface area contributed by atoms with Crippen LogP contribution < -0.4 is 15.0 Å². The standard InChI is InChI=1S/C34H37ClFN7O4.C2H6/c1-41-16-21-17-42(10-8-37-21)32-25-15-38-30(24-13-22(44)12-20-4-2-5-26(35)28(20)24)29(36)31(25)39-33(40-32)47-19-34-7-3-9-43(34)18-23(14-34)46-11-6-27(41)45;1-2/h2,4-5,12-13,15,21,23,37,44H,3,6-11,14,16-19H2,1H3;1-2H3. The average Bonchev–Trinajstić information content (AvgIpc) is 3.65. The number of nitrogens with zero attached hydrogens (tertiary/aromatic N) is 6. The lowest BCUT2D eigenvalue weighted by Crippen LogP contribution is -2.55. The van der Waals surface area contributed by atoms with Crippen LogP contribution in [-0.2, 0) is 9.53 Å². The van der Waals surface area contributed by atoms with Gasteiger partial charge in [0.05, 0.1) is 30.1 Å². The maximum atomic E-state index is 16.8. The van der Waals surface area contributed by atoms with Gasteiger partial charge >= 0.3 is 6.01 Å². The summed E-state index contributed by atoms with van der Waals surface area (Å²) in [6.45, 7) is 8.76. The molecule has 260 valence electrons. The number of benzene rings is 2. The van der Waals surface area contributed by atoms with E-state index in [4.69, 9.17) is 26.1 Å². The number of phenols is 1. The van der Waals surface area contributed by atoms with E-state index in [0.717, 1.165) is 32.4 Å². The minimum absolute atomic E-state index is 0.00257. The van der Waals surface area contributed by atoms with E-state index >= 15 is 4.39 Å². The van der Waals surface area contributed by atoms with E-state index in [2.05, 4.69) is 25.1 Å². The number of carbonyl (C=O) groups is 1. The second-order valence-corrected chi connectivity index (χ2v) is 13.6. The first-order valence-corrected chi connectivity index (χ1v) is 17.7. The number of fused-ring (bicyclic) bond motifs is 9. The van der Waals surface area contributed by atoms with Gasteiger partial charge in [-0.25, -0.2) is 4.39 Å². The number of amides is 1. The number of phenolic OH excluding ortho intramolecular Hbond substituents is 1. The molecule has 4 aromatic rings. The van der Waals surface area contributed by atoms with E-state index in [1.165, 1.54) is 6.07 Å². The maximum absolute atomic E-state index is 16.8. The van der Waals surface area contributed by atoms with Crippen LogP contribution >= 0.6 is 11.6 Å². The van der Waals surface area contributed by atoms with Gasteiger partial charge in [-0.15, -0.1) is 0 Å². The van der Waals surface area contributed by atoms with Crippen LogP contribution in [0, 0.1) is 5.82 Å². The SMILES string of the molecule is CC.CN1CC2CN(CCN2)c2nc(nc3c(F)c(-c4cc(O)cc5cccc(Cl)c45)ncc23)OCC23CCCN2CC(C3)OCCC1=O. The Morgan fingerprint density at radius 1 is 1.14 bits per heavy atom. The Hall–Kier alpha value is -3.84. The van der Waals surface area contributed by atoms with Crippen molar-refractivity contribution in [1.29, 1.82) is 0 Å². The molecule has 3 atom stereocenters. The van der Waals surface area contributed by atoms with Crippen molar-refractivity contribution in [2.45, 2.75) is 57.2 Å². The van der Waals surface area contributed by atoms with E-state index in [-0.39, 0.29) is 46.6 Å². The molecule has 1 amide bonds. The molecule has 1 spiro atoms. The molecule has 3 saturated heterocycles. The summed E-state index contributed by atoms with van der Waals surface area (Å²) in [4.78, 5) is 33.4. The van der Waals surface area contributed by atoms with Crippen molar-refractivity contribution in [1.82, 2.24) is 30.1 Å². The number of rotatable bonds is 1. The number of likely N-dealkylation sites (N-methyl/N-ethyl adjacent to an activating group) is 1. The summed E-state index contributed by atoms with van der Waals surface area (Å²) >= 11 is 6.60. The Morgan fingerprint density at radius 3 is 2.86 bits per heavy atom. The first kappa shape index (κ1) is 33.6. The number of nitrogens with one attached hydrogen (secondary N) is 1. The molecular formula is C36H43ClFN7O4. The number of ether oxygens (including phenoxy) is 2. The van der Waals surface area contributed by atoms with Crippen molar-refractivity contribution in [3.8, 4) is 23.0 Å². The largest absolute Gasteiger partial charge is 0.508 e. The van der Waals surface area contributed by atoms with Gasteiger partial charge in [-0.1, -0.05) is 37.6 Å². The monoisotopic (exact) mass is 691 g/mol. The van der Waals surface area contributed by atoms with Gasteiger partial charge in [0.2, 0.25) is 5.91 Å². The average molecular weight is 692 g/mol. The number of piperazine rings is 1. The van der Waals surface area contributed by atoms with Crippen LogP contribution in [0.4, 0.5) is 10.2 Å². The molecule has 11 nitrogen and oxygen atoms in total. The van der Waals surface area contributed by atoms with E-state index < -0.39 is 5.82 Å². The topological polar surface area (TPSA) is 116 Å². The Kier molecular flexibility index (Phi) is 9.49. The highest BCUT2D eigenvalue weighted by molar-refractivity contribution is 6.36. The summed E-state index contributed by atoms with van der Waals surface area (Å²) in [5, 5.41) is 16.2. The predicted octanol–water partition coefficient (Wildman–Crippen LogP) is 5.01. The fraction of sp³-hybridized carbons (Fsp3) is 0.500. The molecule has 49 heavy (non-hydrogen) atoms. The predicted molar refractivity (Wildman–Crippen MR) is 188 cm³/mol. The Balaban J connectivity index is 0.00000186. The highest BCUT2D eigenvalue weighted by atomic mass is 35.5. The van der Waals surface area contributed by atoms with Crippen molar-refractivity contribution in [2.75, 3.05) is 64.4 Å². The van der Waals surface area contributed by atoms with Gasteiger partial charge in [-0.05, 0) is 49.4 Å². The second kappa shape index (κ2) is 13.8. The van der Waals surface area contributed by atoms with Crippen LogP contribution in [0.15, 0.2) is 36.5 Å². The van der Waals surface area contributed by atoms with Crippen molar-refractivity contribution < 1.29 is 23.8 Å². The van der Waals surface area contributed by atoms with Crippen LogP contribution in [0.3, 0.4) is 0 Å². The Labute approximate surface area is 290 Å². The molecule has 0 aliphatic carbocycles. The van der Waals surface area contributed by atoms with Gasteiger partial charge in [-0.3, -0.25) is 14.7 Å². The zero-order valence-corrected chi connectivity index (χ0v) is 29.0.